The third-order valence-electron chi connectivity index (χ3n) is 3.43. The molecular weight excluding hydrogens is 250 g/mol. The zero-order valence-corrected chi connectivity index (χ0v) is 11.5. The summed E-state index contributed by atoms with van der Waals surface area (Å²) in [5.74, 6) is 1.73. The Morgan fingerprint density at radius 2 is 1.75 bits per heavy atom. The molecule has 1 aliphatic rings. The SMILES string of the molecule is c1ccc(CNCCCc2ccc3c(c2)OCO3)cc1. The van der Waals surface area contributed by atoms with E-state index < -0.39 is 0 Å². The second kappa shape index (κ2) is 6.44. The molecule has 0 unspecified atom stereocenters. The molecule has 0 bridgehead atoms. The highest BCUT2D eigenvalue weighted by Crippen LogP contribution is 2.32. The van der Waals surface area contributed by atoms with Gasteiger partial charge in [-0.2, -0.15) is 0 Å². The molecule has 3 rings (SSSR count). The maximum atomic E-state index is 5.39. The van der Waals surface area contributed by atoms with Crippen LogP contribution in [0.2, 0.25) is 0 Å². The van der Waals surface area contributed by atoms with E-state index in [1.54, 1.807) is 0 Å². The van der Waals surface area contributed by atoms with Crippen molar-refractivity contribution in [3.8, 4) is 11.5 Å². The van der Waals surface area contributed by atoms with Gasteiger partial charge in [0.15, 0.2) is 11.5 Å². The van der Waals surface area contributed by atoms with Crippen LogP contribution in [0.25, 0.3) is 0 Å². The molecule has 1 aliphatic heterocycles. The van der Waals surface area contributed by atoms with Gasteiger partial charge in [-0.1, -0.05) is 36.4 Å². The zero-order chi connectivity index (χ0) is 13.6. The van der Waals surface area contributed by atoms with Crippen LogP contribution < -0.4 is 14.8 Å². The molecule has 2 aromatic carbocycles. The first-order chi connectivity index (χ1) is 9.92. The van der Waals surface area contributed by atoms with Gasteiger partial charge < -0.3 is 14.8 Å². The van der Waals surface area contributed by atoms with E-state index in [0.29, 0.717) is 6.79 Å². The van der Waals surface area contributed by atoms with E-state index in [9.17, 15) is 0 Å². The van der Waals surface area contributed by atoms with Gasteiger partial charge in [-0.05, 0) is 42.6 Å². The number of hydrogen-bond donors (Lipinski definition) is 1. The van der Waals surface area contributed by atoms with E-state index >= 15 is 0 Å². The van der Waals surface area contributed by atoms with Crippen molar-refractivity contribution >= 4 is 0 Å². The number of benzene rings is 2. The molecule has 1 N–H and O–H groups in total. The Morgan fingerprint density at radius 1 is 0.900 bits per heavy atom. The minimum atomic E-state index is 0.345. The third-order valence-corrected chi connectivity index (χ3v) is 3.43. The molecule has 0 amide bonds. The lowest BCUT2D eigenvalue weighted by Crippen LogP contribution is -2.15. The van der Waals surface area contributed by atoms with E-state index in [1.807, 2.05) is 12.1 Å². The molecule has 1 heterocycles. The lowest BCUT2D eigenvalue weighted by Gasteiger charge is -2.06. The minimum absolute atomic E-state index is 0.345. The highest BCUT2D eigenvalue weighted by Gasteiger charge is 2.12. The molecular formula is C17H19NO2. The van der Waals surface area contributed by atoms with Crippen molar-refractivity contribution in [1.82, 2.24) is 5.32 Å². The fourth-order valence-electron chi connectivity index (χ4n) is 2.34. The molecule has 0 saturated heterocycles. The van der Waals surface area contributed by atoms with Gasteiger partial charge in [0.05, 0.1) is 0 Å². The van der Waals surface area contributed by atoms with E-state index in [4.69, 9.17) is 9.47 Å². The van der Waals surface area contributed by atoms with Crippen molar-refractivity contribution in [3.05, 3.63) is 59.7 Å². The quantitative estimate of drug-likeness (QED) is 0.817. The number of aryl methyl sites for hydroxylation is 1. The molecule has 0 spiro atoms. The predicted molar refractivity (Wildman–Crippen MR) is 79.0 cm³/mol. The first-order valence-corrected chi connectivity index (χ1v) is 7.05. The summed E-state index contributed by atoms with van der Waals surface area (Å²) in [6, 6.07) is 16.7. The summed E-state index contributed by atoms with van der Waals surface area (Å²) >= 11 is 0. The van der Waals surface area contributed by atoms with E-state index in [2.05, 4.69) is 41.7 Å². The van der Waals surface area contributed by atoms with Gasteiger partial charge in [0, 0.05) is 6.54 Å². The summed E-state index contributed by atoms with van der Waals surface area (Å²) in [5, 5.41) is 3.47. The number of fused-ring (bicyclic) bond motifs is 1. The largest absolute Gasteiger partial charge is 0.454 e. The summed E-state index contributed by atoms with van der Waals surface area (Å²) in [4.78, 5) is 0. The van der Waals surface area contributed by atoms with Crippen molar-refractivity contribution in [3.63, 3.8) is 0 Å². The van der Waals surface area contributed by atoms with Crippen molar-refractivity contribution in [2.75, 3.05) is 13.3 Å². The standard InChI is InChI=1S/C17H19NO2/c1-2-5-15(6-3-1)12-18-10-4-7-14-8-9-16-17(11-14)20-13-19-16/h1-3,5-6,8-9,11,18H,4,7,10,12-13H2. The summed E-state index contributed by atoms with van der Waals surface area (Å²) in [7, 11) is 0. The molecule has 20 heavy (non-hydrogen) atoms. The average Bonchev–Trinajstić information content (AvgIpc) is 2.95. The first kappa shape index (κ1) is 13.0. The number of ether oxygens (including phenoxy) is 2. The molecule has 0 aliphatic carbocycles. The lowest BCUT2D eigenvalue weighted by molar-refractivity contribution is 0.174. The minimum Gasteiger partial charge on any atom is -0.454 e. The van der Waals surface area contributed by atoms with Crippen LogP contribution in [0.3, 0.4) is 0 Å². The molecule has 0 fully saturated rings. The number of hydrogen-bond acceptors (Lipinski definition) is 3. The summed E-state index contributed by atoms with van der Waals surface area (Å²) < 4.78 is 10.7. The number of nitrogens with one attached hydrogen (secondary N) is 1. The molecule has 0 atom stereocenters. The Hall–Kier alpha value is -2.00. The molecule has 2 aromatic rings. The maximum Gasteiger partial charge on any atom is 0.231 e. The van der Waals surface area contributed by atoms with Crippen molar-refractivity contribution in [1.29, 1.82) is 0 Å². The fraction of sp³-hybridized carbons (Fsp3) is 0.294. The van der Waals surface area contributed by atoms with Crippen LogP contribution >= 0.6 is 0 Å². The van der Waals surface area contributed by atoms with Gasteiger partial charge in [-0.15, -0.1) is 0 Å². The highest BCUT2D eigenvalue weighted by atomic mass is 16.7. The zero-order valence-electron chi connectivity index (χ0n) is 11.5. The van der Waals surface area contributed by atoms with Gasteiger partial charge in [-0.3, -0.25) is 0 Å². The van der Waals surface area contributed by atoms with Gasteiger partial charge >= 0.3 is 0 Å². The molecule has 3 nitrogen and oxygen atoms in total. The molecule has 0 radical (unpaired) electrons. The summed E-state index contributed by atoms with van der Waals surface area (Å²) in [6.45, 7) is 2.29. The lowest BCUT2D eigenvalue weighted by atomic mass is 10.1. The molecule has 0 aromatic heterocycles. The predicted octanol–water partition coefficient (Wildman–Crippen LogP) is 3.14. The summed E-state index contributed by atoms with van der Waals surface area (Å²) in [5.41, 5.74) is 2.63. The van der Waals surface area contributed by atoms with E-state index in [1.165, 1.54) is 11.1 Å². The van der Waals surface area contributed by atoms with Crippen molar-refractivity contribution < 1.29 is 9.47 Å². The Bertz CT molecular complexity index is 554. The van der Waals surface area contributed by atoms with E-state index in [-0.39, 0.29) is 0 Å². The monoisotopic (exact) mass is 269 g/mol. The Morgan fingerprint density at radius 3 is 2.65 bits per heavy atom. The molecule has 0 saturated carbocycles. The molecule has 104 valence electrons. The molecule has 3 heteroatoms. The van der Waals surface area contributed by atoms with Gasteiger partial charge in [0.1, 0.15) is 0 Å². The van der Waals surface area contributed by atoms with Crippen LogP contribution in [0.1, 0.15) is 17.5 Å². The van der Waals surface area contributed by atoms with Gasteiger partial charge in [0.25, 0.3) is 0 Å². The Labute approximate surface area is 119 Å². The van der Waals surface area contributed by atoms with Crippen LogP contribution in [0.4, 0.5) is 0 Å². The normalized spacial score (nSPS) is 12.6. The topological polar surface area (TPSA) is 30.5 Å². The van der Waals surface area contributed by atoms with Gasteiger partial charge in [-0.25, -0.2) is 0 Å². The third kappa shape index (κ3) is 3.31. The maximum absolute atomic E-state index is 5.39. The van der Waals surface area contributed by atoms with E-state index in [0.717, 1.165) is 37.4 Å². The Balaban J connectivity index is 1.40. The highest BCUT2D eigenvalue weighted by molar-refractivity contribution is 5.44. The van der Waals surface area contributed by atoms with Crippen LogP contribution in [-0.2, 0) is 13.0 Å². The fourth-order valence-corrected chi connectivity index (χ4v) is 2.34. The Kier molecular flexibility index (Phi) is 4.19. The number of rotatable bonds is 6. The smallest absolute Gasteiger partial charge is 0.231 e. The van der Waals surface area contributed by atoms with Crippen LogP contribution in [0, 0.1) is 0 Å². The second-order valence-corrected chi connectivity index (χ2v) is 4.95. The van der Waals surface area contributed by atoms with Crippen molar-refractivity contribution in [2.45, 2.75) is 19.4 Å². The van der Waals surface area contributed by atoms with Crippen LogP contribution in [0.15, 0.2) is 48.5 Å². The van der Waals surface area contributed by atoms with Crippen LogP contribution in [0.5, 0.6) is 11.5 Å². The average molecular weight is 269 g/mol. The second-order valence-electron chi connectivity index (χ2n) is 4.95. The first-order valence-electron chi connectivity index (χ1n) is 7.05. The van der Waals surface area contributed by atoms with Gasteiger partial charge in [0.2, 0.25) is 6.79 Å². The van der Waals surface area contributed by atoms with Crippen LogP contribution in [-0.4, -0.2) is 13.3 Å². The summed E-state index contributed by atoms with van der Waals surface area (Å²) in [6.07, 6.45) is 2.17. The van der Waals surface area contributed by atoms with Crippen molar-refractivity contribution in [2.24, 2.45) is 0 Å².